The number of allylic oxidation sites excluding steroid dienone is 4. The quantitative estimate of drug-likeness (QED) is 0.576. The summed E-state index contributed by atoms with van der Waals surface area (Å²) < 4.78 is 0. The van der Waals surface area contributed by atoms with Crippen LogP contribution in [0.2, 0.25) is 0 Å². The van der Waals surface area contributed by atoms with Gasteiger partial charge in [-0.2, -0.15) is 0 Å². The van der Waals surface area contributed by atoms with E-state index < -0.39 is 0 Å². The highest BCUT2D eigenvalue weighted by molar-refractivity contribution is 6.00. The molecule has 1 nitrogen and oxygen atoms in total. The molecule has 0 aromatic carbocycles. The Hall–Kier alpha value is -0.850. The number of hydrogen-bond donors (Lipinski definition) is 0. The summed E-state index contributed by atoms with van der Waals surface area (Å²) in [5.74, 6) is 1.66. The number of hydrogen-bond acceptors (Lipinski definition) is 1. The van der Waals surface area contributed by atoms with Crippen LogP contribution in [0.25, 0.3) is 0 Å². The molecule has 1 fully saturated rings. The molecule has 0 bridgehead atoms. The summed E-state index contributed by atoms with van der Waals surface area (Å²) in [6.45, 7) is 8.96. The van der Waals surface area contributed by atoms with Crippen LogP contribution in [0.4, 0.5) is 0 Å². The van der Waals surface area contributed by atoms with Gasteiger partial charge in [-0.15, -0.1) is 0 Å². The second-order valence-corrected chi connectivity index (χ2v) is 7.59. The fourth-order valence-electron chi connectivity index (χ4n) is 5.11. The Morgan fingerprint density at radius 1 is 1.21 bits per heavy atom. The highest BCUT2D eigenvalue weighted by atomic mass is 16.1. The van der Waals surface area contributed by atoms with Gasteiger partial charge in [0, 0.05) is 5.41 Å². The molecule has 0 radical (unpaired) electrons. The van der Waals surface area contributed by atoms with Gasteiger partial charge in [-0.25, -0.2) is 0 Å². The van der Waals surface area contributed by atoms with Crippen molar-refractivity contribution >= 4 is 5.78 Å². The van der Waals surface area contributed by atoms with Gasteiger partial charge in [-0.05, 0) is 68.8 Å². The molecule has 4 unspecified atom stereocenters. The first-order valence-electron chi connectivity index (χ1n) is 7.77. The van der Waals surface area contributed by atoms with Crippen molar-refractivity contribution in [2.24, 2.45) is 22.7 Å². The van der Waals surface area contributed by atoms with Crippen LogP contribution in [0.5, 0.6) is 0 Å². The third-order valence-corrected chi connectivity index (χ3v) is 6.47. The van der Waals surface area contributed by atoms with Crippen LogP contribution in [0, 0.1) is 22.7 Å². The summed E-state index contributed by atoms with van der Waals surface area (Å²) in [5, 5.41) is 0. The Morgan fingerprint density at radius 3 is 2.68 bits per heavy atom. The van der Waals surface area contributed by atoms with Crippen molar-refractivity contribution in [3.8, 4) is 0 Å². The van der Waals surface area contributed by atoms with Gasteiger partial charge in [0.15, 0.2) is 5.78 Å². The Kier molecular flexibility index (Phi) is 2.82. The standard InChI is InChI=1S/C18H26O/c1-12-7-9-17(3)14(11-12)8-10-18(4)15(17)6-5-13(2)16(18)19/h5,11,14-15H,6-10H2,1-4H3. The van der Waals surface area contributed by atoms with Gasteiger partial charge in [0.25, 0.3) is 0 Å². The Labute approximate surface area is 117 Å². The van der Waals surface area contributed by atoms with Crippen LogP contribution in [-0.2, 0) is 4.79 Å². The summed E-state index contributed by atoms with van der Waals surface area (Å²) in [6.07, 6.45) is 10.6. The highest BCUT2D eigenvalue weighted by Crippen LogP contribution is 2.61. The van der Waals surface area contributed by atoms with Gasteiger partial charge in [0.05, 0.1) is 0 Å². The molecule has 3 rings (SSSR count). The number of rotatable bonds is 0. The van der Waals surface area contributed by atoms with E-state index in [-0.39, 0.29) is 5.41 Å². The van der Waals surface area contributed by atoms with Crippen LogP contribution < -0.4 is 0 Å². The molecule has 19 heavy (non-hydrogen) atoms. The molecule has 0 N–H and O–H groups in total. The molecular weight excluding hydrogens is 232 g/mol. The topological polar surface area (TPSA) is 17.1 Å². The molecule has 3 aliphatic rings. The van der Waals surface area contributed by atoms with E-state index in [1.165, 1.54) is 19.3 Å². The molecule has 1 heteroatoms. The second-order valence-electron chi connectivity index (χ2n) is 7.59. The van der Waals surface area contributed by atoms with Crippen molar-refractivity contribution in [1.29, 1.82) is 0 Å². The maximum Gasteiger partial charge on any atom is 0.164 e. The summed E-state index contributed by atoms with van der Waals surface area (Å²) in [5.41, 5.74) is 2.80. The largest absolute Gasteiger partial charge is 0.294 e. The first kappa shape index (κ1) is 13.1. The van der Waals surface area contributed by atoms with Crippen LogP contribution in [0.3, 0.4) is 0 Å². The van der Waals surface area contributed by atoms with Crippen molar-refractivity contribution in [1.82, 2.24) is 0 Å². The Bertz CT molecular complexity index is 484. The van der Waals surface area contributed by atoms with E-state index in [0.29, 0.717) is 23.0 Å². The lowest BCUT2D eigenvalue weighted by Gasteiger charge is -2.57. The minimum Gasteiger partial charge on any atom is -0.294 e. The number of carbonyl (C=O) groups is 1. The summed E-state index contributed by atoms with van der Waals surface area (Å²) in [4.78, 5) is 12.7. The number of fused-ring (bicyclic) bond motifs is 3. The van der Waals surface area contributed by atoms with Gasteiger partial charge >= 0.3 is 0 Å². The van der Waals surface area contributed by atoms with Gasteiger partial charge in [-0.3, -0.25) is 4.79 Å². The Balaban J connectivity index is 2.04. The van der Waals surface area contributed by atoms with Crippen LogP contribution >= 0.6 is 0 Å². The van der Waals surface area contributed by atoms with E-state index in [9.17, 15) is 4.79 Å². The van der Waals surface area contributed by atoms with E-state index in [1.807, 2.05) is 6.92 Å². The molecule has 104 valence electrons. The van der Waals surface area contributed by atoms with E-state index in [1.54, 1.807) is 5.57 Å². The molecule has 0 saturated heterocycles. The third-order valence-electron chi connectivity index (χ3n) is 6.47. The molecule has 0 aromatic heterocycles. The third kappa shape index (κ3) is 1.70. The predicted molar refractivity (Wildman–Crippen MR) is 78.8 cm³/mol. The summed E-state index contributed by atoms with van der Waals surface area (Å²) in [7, 11) is 0. The van der Waals surface area contributed by atoms with Crippen molar-refractivity contribution in [2.45, 2.75) is 59.8 Å². The van der Waals surface area contributed by atoms with Crippen LogP contribution in [-0.4, -0.2) is 5.78 Å². The maximum atomic E-state index is 12.7. The van der Waals surface area contributed by atoms with E-state index in [4.69, 9.17) is 0 Å². The lowest BCUT2D eigenvalue weighted by Crippen LogP contribution is -2.53. The minimum absolute atomic E-state index is 0.0941. The van der Waals surface area contributed by atoms with E-state index >= 15 is 0 Å². The fourth-order valence-corrected chi connectivity index (χ4v) is 5.11. The molecule has 3 aliphatic carbocycles. The summed E-state index contributed by atoms with van der Waals surface area (Å²) >= 11 is 0. The normalized spacial score (nSPS) is 46.0. The molecule has 0 aromatic rings. The predicted octanol–water partition coefficient (Wildman–Crippen LogP) is 4.68. The first-order valence-corrected chi connectivity index (χ1v) is 7.77. The summed E-state index contributed by atoms with van der Waals surface area (Å²) in [6, 6.07) is 0. The van der Waals surface area contributed by atoms with Crippen LogP contribution in [0.15, 0.2) is 23.3 Å². The van der Waals surface area contributed by atoms with Gasteiger partial charge < -0.3 is 0 Å². The number of carbonyl (C=O) groups excluding carboxylic acids is 1. The average molecular weight is 258 g/mol. The first-order chi connectivity index (χ1) is 8.88. The highest BCUT2D eigenvalue weighted by Gasteiger charge is 2.57. The SMILES string of the molecule is CC1=CC2CCC3(C)C(=O)C(C)=CCC3C2(C)CC1. The second kappa shape index (κ2) is 4.07. The molecule has 0 heterocycles. The number of Topliss-reactive ketones (excluding diaryl/α,β-unsaturated/α-hetero) is 1. The molecule has 0 aliphatic heterocycles. The van der Waals surface area contributed by atoms with Crippen molar-refractivity contribution in [2.75, 3.05) is 0 Å². The van der Waals surface area contributed by atoms with Crippen molar-refractivity contribution in [3.05, 3.63) is 23.3 Å². The lowest BCUT2D eigenvalue weighted by atomic mass is 9.46. The van der Waals surface area contributed by atoms with E-state index in [2.05, 4.69) is 32.9 Å². The zero-order valence-corrected chi connectivity index (χ0v) is 12.8. The molecular formula is C18H26O. The van der Waals surface area contributed by atoms with Crippen molar-refractivity contribution < 1.29 is 4.79 Å². The molecule has 1 saturated carbocycles. The average Bonchev–Trinajstić information content (AvgIpc) is 2.37. The molecule has 0 amide bonds. The lowest BCUT2D eigenvalue weighted by molar-refractivity contribution is -0.139. The van der Waals surface area contributed by atoms with Crippen molar-refractivity contribution in [3.63, 3.8) is 0 Å². The minimum atomic E-state index is -0.0941. The zero-order valence-electron chi connectivity index (χ0n) is 12.8. The Morgan fingerprint density at radius 2 is 1.95 bits per heavy atom. The smallest absolute Gasteiger partial charge is 0.164 e. The van der Waals surface area contributed by atoms with Crippen LogP contribution in [0.1, 0.15) is 59.8 Å². The fraction of sp³-hybridized carbons (Fsp3) is 0.722. The van der Waals surface area contributed by atoms with Gasteiger partial charge in [-0.1, -0.05) is 31.6 Å². The van der Waals surface area contributed by atoms with E-state index in [0.717, 1.165) is 18.4 Å². The zero-order chi connectivity index (χ0) is 13.8. The maximum absolute atomic E-state index is 12.7. The molecule has 0 spiro atoms. The monoisotopic (exact) mass is 258 g/mol. The molecule has 4 atom stereocenters. The number of ketones is 1. The van der Waals surface area contributed by atoms with Gasteiger partial charge in [0.2, 0.25) is 0 Å². The van der Waals surface area contributed by atoms with Gasteiger partial charge in [0.1, 0.15) is 0 Å².